The summed E-state index contributed by atoms with van der Waals surface area (Å²) in [5.41, 5.74) is 2.46. The SMILES string of the molecule is Cl.O=C(CCCN1CC2CC2(c2ccccc2)C1)c1ccc(F)cc1. The van der Waals surface area contributed by atoms with Gasteiger partial charge in [-0.2, -0.15) is 0 Å². The molecule has 0 aromatic heterocycles. The van der Waals surface area contributed by atoms with Gasteiger partial charge in [0.25, 0.3) is 0 Å². The van der Waals surface area contributed by atoms with Gasteiger partial charge >= 0.3 is 0 Å². The van der Waals surface area contributed by atoms with Crippen molar-refractivity contribution < 1.29 is 9.18 Å². The summed E-state index contributed by atoms with van der Waals surface area (Å²) < 4.78 is 12.9. The van der Waals surface area contributed by atoms with Gasteiger partial charge in [-0.25, -0.2) is 4.39 Å². The monoisotopic (exact) mass is 359 g/mol. The van der Waals surface area contributed by atoms with Gasteiger partial charge in [0.15, 0.2) is 5.78 Å². The third kappa shape index (κ3) is 3.63. The maximum absolute atomic E-state index is 12.9. The Morgan fingerprint density at radius 1 is 1.12 bits per heavy atom. The topological polar surface area (TPSA) is 20.3 Å². The minimum Gasteiger partial charge on any atom is -0.302 e. The smallest absolute Gasteiger partial charge is 0.162 e. The normalized spacial score (nSPS) is 24.4. The molecule has 25 heavy (non-hydrogen) atoms. The van der Waals surface area contributed by atoms with Crippen LogP contribution in [0.5, 0.6) is 0 Å². The van der Waals surface area contributed by atoms with Crippen LogP contribution in [-0.4, -0.2) is 30.3 Å². The predicted octanol–water partition coefficient (Wildman–Crippen LogP) is 4.48. The van der Waals surface area contributed by atoms with Crippen molar-refractivity contribution in [1.82, 2.24) is 4.90 Å². The van der Waals surface area contributed by atoms with E-state index >= 15 is 0 Å². The van der Waals surface area contributed by atoms with Crippen molar-refractivity contribution in [2.75, 3.05) is 19.6 Å². The summed E-state index contributed by atoms with van der Waals surface area (Å²) in [6.07, 6.45) is 2.71. The summed E-state index contributed by atoms with van der Waals surface area (Å²) >= 11 is 0. The van der Waals surface area contributed by atoms with Gasteiger partial charge in [-0.15, -0.1) is 12.4 Å². The molecule has 2 aromatic rings. The van der Waals surface area contributed by atoms with E-state index in [9.17, 15) is 9.18 Å². The minimum absolute atomic E-state index is 0. The number of hydrogen-bond acceptors (Lipinski definition) is 2. The van der Waals surface area contributed by atoms with Gasteiger partial charge in [0.05, 0.1) is 0 Å². The highest BCUT2D eigenvalue weighted by atomic mass is 35.5. The number of halogens is 2. The van der Waals surface area contributed by atoms with E-state index in [2.05, 4.69) is 35.2 Å². The van der Waals surface area contributed by atoms with Gasteiger partial charge in [-0.1, -0.05) is 30.3 Å². The molecule has 1 saturated carbocycles. The number of rotatable bonds is 6. The number of benzene rings is 2. The molecule has 0 radical (unpaired) electrons. The summed E-state index contributed by atoms with van der Waals surface area (Å²) in [5.74, 6) is 0.596. The molecule has 2 aromatic carbocycles. The van der Waals surface area contributed by atoms with Crippen LogP contribution in [0, 0.1) is 11.7 Å². The van der Waals surface area contributed by atoms with Crippen LogP contribution in [0.4, 0.5) is 4.39 Å². The van der Waals surface area contributed by atoms with Crippen LogP contribution in [0.2, 0.25) is 0 Å². The van der Waals surface area contributed by atoms with E-state index in [1.54, 1.807) is 12.1 Å². The van der Waals surface area contributed by atoms with E-state index in [1.165, 1.54) is 24.1 Å². The first-order valence-corrected chi connectivity index (χ1v) is 8.74. The number of carbonyl (C=O) groups excluding carboxylic acids is 1. The van der Waals surface area contributed by atoms with Crippen LogP contribution in [0.1, 0.15) is 35.2 Å². The molecule has 1 heterocycles. The third-order valence-corrected chi connectivity index (χ3v) is 5.61. The molecule has 0 amide bonds. The lowest BCUT2D eigenvalue weighted by molar-refractivity contribution is 0.0975. The summed E-state index contributed by atoms with van der Waals surface area (Å²) in [6, 6.07) is 16.7. The zero-order valence-electron chi connectivity index (χ0n) is 14.2. The van der Waals surface area contributed by atoms with Gasteiger partial charge in [0.2, 0.25) is 0 Å². The Kier molecular flexibility index (Phi) is 5.26. The van der Waals surface area contributed by atoms with Crippen molar-refractivity contribution >= 4 is 18.2 Å². The zero-order valence-corrected chi connectivity index (χ0v) is 15.0. The first kappa shape index (κ1) is 18.1. The van der Waals surface area contributed by atoms with Crippen molar-refractivity contribution in [2.24, 2.45) is 5.92 Å². The van der Waals surface area contributed by atoms with E-state index in [1.807, 2.05) is 0 Å². The third-order valence-electron chi connectivity index (χ3n) is 5.61. The summed E-state index contributed by atoms with van der Waals surface area (Å²) in [6.45, 7) is 3.24. The Balaban J connectivity index is 0.00000182. The number of piperidine rings is 1. The summed E-state index contributed by atoms with van der Waals surface area (Å²) in [7, 11) is 0. The fraction of sp³-hybridized carbons (Fsp3) is 0.381. The average molecular weight is 360 g/mol. The number of hydrogen-bond donors (Lipinski definition) is 0. The second-order valence-corrected chi connectivity index (χ2v) is 7.19. The number of nitrogens with zero attached hydrogens (tertiary/aromatic N) is 1. The maximum Gasteiger partial charge on any atom is 0.162 e. The van der Waals surface area contributed by atoms with Crippen molar-refractivity contribution in [3.8, 4) is 0 Å². The number of carbonyl (C=O) groups is 1. The Bertz CT molecular complexity index is 733. The Labute approximate surface area is 154 Å². The molecule has 1 aliphatic carbocycles. The molecular formula is C21H23ClFNO. The highest BCUT2D eigenvalue weighted by Gasteiger charge is 2.60. The summed E-state index contributed by atoms with van der Waals surface area (Å²) in [5, 5.41) is 0. The molecule has 2 nitrogen and oxygen atoms in total. The number of likely N-dealkylation sites (tertiary alicyclic amines) is 1. The standard InChI is InChI=1S/C21H22FNO.ClH/c22-19-10-8-16(9-11-19)20(24)7-4-12-23-14-18-13-21(18,15-23)17-5-2-1-3-6-17;/h1-3,5-6,8-11,18H,4,7,12-15H2;1H. The van der Waals surface area contributed by atoms with Gasteiger partial charge in [0.1, 0.15) is 5.82 Å². The molecule has 0 spiro atoms. The average Bonchev–Trinajstić information content (AvgIpc) is 3.18. The second kappa shape index (κ2) is 7.27. The highest BCUT2D eigenvalue weighted by molar-refractivity contribution is 5.95. The molecule has 2 atom stereocenters. The lowest BCUT2D eigenvalue weighted by atomic mass is 9.95. The van der Waals surface area contributed by atoms with Crippen LogP contribution >= 0.6 is 12.4 Å². The molecule has 1 aliphatic heterocycles. The van der Waals surface area contributed by atoms with Crippen molar-refractivity contribution in [1.29, 1.82) is 0 Å². The molecular weight excluding hydrogens is 337 g/mol. The lowest BCUT2D eigenvalue weighted by Crippen LogP contribution is -2.27. The van der Waals surface area contributed by atoms with Crippen molar-refractivity contribution in [2.45, 2.75) is 24.7 Å². The minimum atomic E-state index is -0.297. The van der Waals surface area contributed by atoms with E-state index in [-0.39, 0.29) is 24.0 Å². The van der Waals surface area contributed by atoms with Gasteiger partial charge in [0, 0.05) is 30.5 Å². The second-order valence-electron chi connectivity index (χ2n) is 7.19. The Hall–Kier alpha value is -1.71. The lowest BCUT2D eigenvalue weighted by Gasteiger charge is -2.20. The fourth-order valence-corrected chi connectivity index (χ4v) is 4.22. The van der Waals surface area contributed by atoms with E-state index in [0.29, 0.717) is 17.4 Å². The molecule has 1 saturated heterocycles. The number of Topliss-reactive ketones (excluding diaryl/α,β-unsaturated/α-hetero) is 1. The Morgan fingerprint density at radius 3 is 2.56 bits per heavy atom. The van der Waals surface area contributed by atoms with Crippen LogP contribution in [0.3, 0.4) is 0 Å². The maximum atomic E-state index is 12.9. The first-order valence-electron chi connectivity index (χ1n) is 8.74. The molecule has 2 unspecified atom stereocenters. The van der Waals surface area contributed by atoms with Crippen LogP contribution in [-0.2, 0) is 5.41 Å². The fourth-order valence-electron chi connectivity index (χ4n) is 4.22. The quantitative estimate of drug-likeness (QED) is 0.708. The van der Waals surface area contributed by atoms with Crippen molar-refractivity contribution in [3.05, 3.63) is 71.5 Å². The highest BCUT2D eigenvalue weighted by Crippen LogP contribution is 2.58. The number of fused-ring (bicyclic) bond motifs is 1. The van der Waals surface area contributed by atoms with E-state index < -0.39 is 0 Å². The first-order chi connectivity index (χ1) is 11.7. The molecule has 2 aliphatic rings. The predicted molar refractivity (Wildman–Crippen MR) is 99.9 cm³/mol. The molecule has 2 fully saturated rings. The molecule has 0 bridgehead atoms. The van der Waals surface area contributed by atoms with Crippen LogP contribution in [0.15, 0.2) is 54.6 Å². The molecule has 4 heteroatoms. The summed E-state index contributed by atoms with van der Waals surface area (Å²) in [4.78, 5) is 14.6. The molecule has 4 rings (SSSR count). The van der Waals surface area contributed by atoms with Gasteiger partial charge in [-0.05, 0) is 55.1 Å². The molecule has 0 N–H and O–H groups in total. The largest absolute Gasteiger partial charge is 0.302 e. The van der Waals surface area contributed by atoms with Gasteiger partial charge < -0.3 is 4.90 Å². The van der Waals surface area contributed by atoms with E-state index in [4.69, 9.17) is 0 Å². The number of ketones is 1. The Morgan fingerprint density at radius 2 is 1.84 bits per heavy atom. The van der Waals surface area contributed by atoms with Crippen LogP contribution in [0.25, 0.3) is 0 Å². The molecule has 132 valence electrons. The van der Waals surface area contributed by atoms with Crippen molar-refractivity contribution in [3.63, 3.8) is 0 Å². The van der Waals surface area contributed by atoms with Gasteiger partial charge in [-0.3, -0.25) is 4.79 Å². The zero-order chi connectivity index (χ0) is 16.6. The van der Waals surface area contributed by atoms with E-state index in [0.717, 1.165) is 32.0 Å². The van der Waals surface area contributed by atoms with Crippen LogP contribution < -0.4 is 0 Å².